The summed E-state index contributed by atoms with van der Waals surface area (Å²) in [4.78, 5) is 12.2. The summed E-state index contributed by atoms with van der Waals surface area (Å²) in [6.45, 7) is 0.262. The Kier molecular flexibility index (Phi) is 3.53. The van der Waals surface area contributed by atoms with Crippen LogP contribution in [-0.4, -0.2) is 21.2 Å². The number of fused-ring (bicyclic) bond motifs is 1. The number of pyridine rings is 1. The quantitative estimate of drug-likeness (QED) is 0.792. The number of benzene rings is 1. The molecule has 0 saturated heterocycles. The molecule has 0 amide bonds. The van der Waals surface area contributed by atoms with Crippen molar-refractivity contribution in [3.8, 4) is 0 Å². The van der Waals surface area contributed by atoms with E-state index in [2.05, 4.69) is 10.4 Å². The molecule has 1 aromatic carbocycles. The molecule has 6 heteroatoms. The lowest BCUT2D eigenvalue weighted by atomic mass is 10.1. The fraction of sp³-hybridized carbons (Fsp3) is 0.200. The minimum atomic E-state index is -0.325. The molecule has 3 aromatic rings. The maximum absolute atomic E-state index is 13.9. The molecule has 0 saturated carbocycles. The van der Waals surface area contributed by atoms with Crippen molar-refractivity contribution in [1.29, 1.82) is 0 Å². The van der Waals surface area contributed by atoms with Crippen LogP contribution in [0.15, 0.2) is 53.5 Å². The Balaban J connectivity index is 1.98. The first-order valence-corrected chi connectivity index (χ1v) is 6.66. The van der Waals surface area contributed by atoms with Crippen LogP contribution in [0.25, 0.3) is 5.65 Å². The van der Waals surface area contributed by atoms with Crippen LogP contribution < -0.4 is 11.0 Å². The molecule has 21 heavy (non-hydrogen) atoms. The lowest BCUT2D eigenvalue weighted by Gasteiger charge is -2.16. The van der Waals surface area contributed by atoms with Gasteiger partial charge in [-0.1, -0.05) is 24.3 Å². The van der Waals surface area contributed by atoms with Gasteiger partial charge in [0.25, 0.3) is 0 Å². The van der Waals surface area contributed by atoms with Gasteiger partial charge in [0, 0.05) is 11.8 Å². The summed E-state index contributed by atoms with van der Waals surface area (Å²) in [6.07, 6.45) is 1.67. The summed E-state index contributed by atoms with van der Waals surface area (Å²) in [7, 11) is 1.73. The minimum absolute atomic E-state index is 0.234. The van der Waals surface area contributed by atoms with Gasteiger partial charge in [-0.25, -0.2) is 13.9 Å². The highest BCUT2D eigenvalue weighted by molar-refractivity contribution is 5.35. The molecule has 108 valence electrons. The molecule has 2 aromatic heterocycles. The van der Waals surface area contributed by atoms with E-state index in [9.17, 15) is 9.18 Å². The van der Waals surface area contributed by atoms with Crippen molar-refractivity contribution in [3.05, 3.63) is 70.5 Å². The number of hydrogen-bond acceptors (Lipinski definition) is 3. The van der Waals surface area contributed by atoms with Gasteiger partial charge in [-0.2, -0.15) is 0 Å². The lowest BCUT2D eigenvalue weighted by molar-refractivity contribution is 0.441. The summed E-state index contributed by atoms with van der Waals surface area (Å²) >= 11 is 0. The van der Waals surface area contributed by atoms with Crippen LogP contribution >= 0.6 is 0 Å². The monoisotopic (exact) mass is 286 g/mol. The number of nitrogens with zero attached hydrogens (tertiary/aromatic N) is 3. The topological polar surface area (TPSA) is 51.3 Å². The van der Waals surface area contributed by atoms with Gasteiger partial charge in [-0.15, -0.1) is 5.10 Å². The summed E-state index contributed by atoms with van der Waals surface area (Å²) in [6, 6.07) is 11.6. The summed E-state index contributed by atoms with van der Waals surface area (Å²) in [5, 5.41) is 7.29. The number of likely N-dealkylation sites (N-methyl/N-ethyl adjacent to an activating group) is 1. The summed E-state index contributed by atoms with van der Waals surface area (Å²) < 4.78 is 16.7. The lowest BCUT2D eigenvalue weighted by Crippen LogP contribution is -2.29. The standard InChI is InChI=1S/C15H15FN4O/c1-17-13(11-6-2-3-7-12(11)16)10-20-15(21)19-9-5-4-8-14(19)18-20/h2-9,13,17H,10H2,1H3. The zero-order chi connectivity index (χ0) is 14.8. The van der Waals surface area contributed by atoms with Gasteiger partial charge in [-0.3, -0.25) is 4.40 Å². The highest BCUT2D eigenvalue weighted by atomic mass is 19.1. The predicted molar refractivity (Wildman–Crippen MR) is 77.7 cm³/mol. The van der Waals surface area contributed by atoms with Gasteiger partial charge in [0.1, 0.15) is 5.82 Å². The van der Waals surface area contributed by atoms with E-state index in [1.54, 1.807) is 43.6 Å². The van der Waals surface area contributed by atoms with E-state index in [0.29, 0.717) is 11.2 Å². The molecule has 2 heterocycles. The Hall–Kier alpha value is -2.47. The van der Waals surface area contributed by atoms with Crippen LogP contribution in [0.3, 0.4) is 0 Å². The van der Waals surface area contributed by atoms with Crippen LogP contribution in [-0.2, 0) is 6.54 Å². The van der Waals surface area contributed by atoms with E-state index in [0.717, 1.165) is 0 Å². The molecule has 0 fully saturated rings. The summed E-state index contributed by atoms with van der Waals surface area (Å²) in [5.41, 5.74) is 0.858. The van der Waals surface area contributed by atoms with Crippen molar-refractivity contribution < 1.29 is 4.39 Å². The number of hydrogen-bond donors (Lipinski definition) is 1. The van der Waals surface area contributed by atoms with E-state index in [1.165, 1.54) is 15.1 Å². The highest BCUT2D eigenvalue weighted by Crippen LogP contribution is 2.17. The largest absolute Gasteiger partial charge is 0.350 e. The molecule has 0 aliphatic carbocycles. The molecule has 5 nitrogen and oxygen atoms in total. The molecule has 0 spiro atoms. The maximum atomic E-state index is 13.9. The van der Waals surface area contributed by atoms with Crippen molar-refractivity contribution in [3.63, 3.8) is 0 Å². The van der Waals surface area contributed by atoms with E-state index in [1.807, 2.05) is 6.07 Å². The van der Waals surface area contributed by atoms with Crippen molar-refractivity contribution in [1.82, 2.24) is 19.5 Å². The van der Waals surface area contributed by atoms with Gasteiger partial charge < -0.3 is 5.32 Å². The molecule has 0 aliphatic rings. The zero-order valence-electron chi connectivity index (χ0n) is 11.5. The average molecular weight is 286 g/mol. The molecular weight excluding hydrogens is 271 g/mol. The van der Waals surface area contributed by atoms with Crippen LogP contribution in [0, 0.1) is 5.82 Å². The van der Waals surface area contributed by atoms with Crippen molar-refractivity contribution in [2.45, 2.75) is 12.6 Å². The highest BCUT2D eigenvalue weighted by Gasteiger charge is 2.16. The first-order valence-electron chi connectivity index (χ1n) is 6.66. The van der Waals surface area contributed by atoms with E-state index < -0.39 is 0 Å². The molecule has 0 radical (unpaired) electrons. The normalized spacial score (nSPS) is 12.7. The second-order valence-corrected chi connectivity index (χ2v) is 4.76. The second kappa shape index (κ2) is 5.49. The molecule has 1 atom stereocenters. The first kappa shape index (κ1) is 13.5. The maximum Gasteiger partial charge on any atom is 0.350 e. The van der Waals surface area contributed by atoms with Crippen LogP contribution in [0.4, 0.5) is 4.39 Å². The van der Waals surface area contributed by atoms with Crippen LogP contribution in [0.2, 0.25) is 0 Å². The third kappa shape index (κ3) is 2.45. The fourth-order valence-electron chi connectivity index (χ4n) is 2.36. The van der Waals surface area contributed by atoms with Crippen LogP contribution in [0.1, 0.15) is 11.6 Å². The SMILES string of the molecule is CNC(Cn1nc2ccccn2c1=O)c1ccccc1F. The number of halogens is 1. The van der Waals surface area contributed by atoms with Crippen LogP contribution in [0.5, 0.6) is 0 Å². The number of nitrogens with one attached hydrogen (secondary N) is 1. The van der Waals surface area contributed by atoms with Gasteiger partial charge in [0.15, 0.2) is 5.65 Å². The van der Waals surface area contributed by atoms with Crippen molar-refractivity contribution >= 4 is 5.65 Å². The Morgan fingerprint density at radius 3 is 2.71 bits per heavy atom. The third-order valence-corrected chi connectivity index (χ3v) is 3.47. The molecular formula is C15H15FN4O. The Bertz CT molecular complexity index is 824. The Morgan fingerprint density at radius 1 is 1.24 bits per heavy atom. The fourth-order valence-corrected chi connectivity index (χ4v) is 2.36. The molecule has 0 bridgehead atoms. The van der Waals surface area contributed by atoms with Crippen molar-refractivity contribution in [2.24, 2.45) is 0 Å². The van der Waals surface area contributed by atoms with E-state index in [4.69, 9.17) is 0 Å². The van der Waals surface area contributed by atoms with Crippen molar-refractivity contribution in [2.75, 3.05) is 7.05 Å². The van der Waals surface area contributed by atoms with E-state index >= 15 is 0 Å². The molecule has 1 unspecified atom stereocenters. The predicted octanol–water partition coefficient (Wildman–Crippen LogP) is 1.60. The van der Waals surface area contributed by atoms with E-state index in [-0.39, 0.29) is 24.1 Å². The third-order valence-electron chi connectivity index (χ3n) is 3.47. The average Bonchev–Trinajstić information content (AvgIpc) is 2.82. The smallest absolute Gasteiger partial charge is 0.311 e. The van der Waals surface area contributed by atoms with Gasteiger partial charge in [-0.05, 0) is 25.2 Å². The van der Waals surface area contributed by atoms with Gasteiger partial charge in [0.2, 0.25) is 0 Å². The number of aromatic nitrogens is 3. The van der Waals surface area contributed by atoms with Gasteiger partial charge >= 0.3 is 5.69 Å². The molecule has 0 aliphatic heterocycles. The first-order chi connectivity index (χ1) is 10.2. The summed E-state index contributed by atoms with van der Waals surface area (Å²) in [5.74, 6) is -0.298. The number of rotatable bonds is 4. The molecule has 1 N–H and O–H groups in total. The second-order valence-electron chi connectivity index (χ2n) is 4.76. The van der Waals surface area contributed by atoms with Gasteiger partial charge in [0.05, 0.1) is 12.6 Å². The zero-order valence-corrected chi connectivity index (χ0v) is 11.5. The minimum Gasteiger partial charge on any atom is -0.311 e. The Labute approximate surface area is 120 Å². The molecule has 3 rings (SSSR count). The Morgan fingerprint density at radius 2 is 2.00 bits per heavy atom.